The number of H-pyrrole nitrogens is 1. The van der Waals surface area contributed by atoms with Gasteiger partial charge in [-0.2, -0.15) is 23.1 Å². The summed E-state index contributed by atoms with van der Waals surface area (Å²) < 4.78 is 43.3. The van der Waals surface area contributed by atoms with Crippen LogP contribution in [0.2, 0.25) is 5.28 Å². The fraction of sp³-hybridized carbons (Fsp3) is 0.0833. The topological polar surface area (TPSA) is 63.7 Å². The largest absolute Gasteiger partial charge is 0.437 e. The Hall–Kier alpha value is -2.35. The van der Waals surface area contributed by atoms with E-state index >= 15 is 0 Å². The first-order chi connectivity index (χ1) is 9.93. The Morgan fingerprint density at radius 1 is 1.19 bits per heavy atom. The average molecular weight is 315 g/mol. The van der Waals surface area contributed by atoms with Crippen molar-refractivity contribution in [3.8, 4) is 11.6 Å². The van der Waals surface area contributed by atoms with Gasteiger partial charge in [-0.1, -0.05) is 6.07 Å². The molecule has 0 saturated heterocycles. The molecular weight excluding hydrogens is 309 g/mol. The third-order valence-electron chi connectivity index (χ3n) is 2.60. The summed E-state index contributed by atoms with van der Waals surface area (Å²) in [6.07, 6.45) is -3.10. The van der Waals surface area contributed by atoms with E-state index in [4.69, 9.17) is 16.3 Å². The van der Waals surface area contributed by atoms with Gasteiger partial charge in [0.2, 0.25) is 11.2 Å². The molecule has 0 aliphatic heterocycles. The van der Waals surface area contributed by atoms with Crippen molar-refractivity contribution in [2.75, 3.05) is 0 Å². The van der Waals surface area contributed by atoms with Crippen LogP contribution in [0.3, 0.4) is 0 Å². The van der Waals surface area contributed by atoms with Crippen molar-refractivity contribution in [2.24, 2.45) is 0 Å². The molecule has 0 bridgehead atoms. The summed E-state index contributed by atoms with van der Waals surface area (Å²) in [6.45, 7) is 0. The van der Waals surface area contributed by atoms with Crippen molar-refractivity contribution in [1.29, 1.82) is 0 Å². The SMILES string of the molecule is FC(F)(F)c1cccc(Oc2nc(Cl)nc3nc[nH]c23)c1. The molecule has 3 aromatic rings. The van der Waals surface area contributed by atoms with Gasteiger partial charge in [-0.25, -0.2) is 4.98 Å². The molecule has 0 aliphatic rings. The van der Waals surface area contributed by atoms with Crippen molar-refractivity contribution in [1.82, 2.24) is 19.9 Å². The second kappa shape index (κ2) is 4.88. The summed E-state index contributed by atoms with van der Waals surface area (Å²) in [5.41, 5.74) is -0.213. The number of ether oxygens (including phenoxy) is 1. The number of rotatable bonds is 2. The van der Waals surface area contributed by atoms with Crippen molar-refractivity contribution in [3.63, 3.8) is 0 Å². The molecule has 108 valence electrons. The van der Waals surface area contributed by atoms with E-state index in [1.165, 1.54) is 18.5 Å². The van der Waals surface area contributed by atoms with Crippen LogP contribution < -0.4 is 4.74 Å². The minimum absolute atomic E-state index is 0.00169. The molecule has 3 rings (SSSR count). The first kappa shape index (κ1) is 13.6. The number of benzene rings is 1. The third-order valence-corrected chi connectivity index (χ3v) is 2.77. The molecule has 0 atom stereocenters. The quantitative estimate of drug-likeness (QED) is 0.730. The fourth-order valence-electron chi connectivity index (χ4n) is 1.70. The lowest BCUT2D eigenvalue weighted by Crippen LogP contribution is -2.04. The van der Waals surface area contributed by atoms with Crippen LogP contribution in [-0.4, -0.2) is 19.9 Å². The lowest BCUT2D eigenvalue weighted by molar-refractivity contribution is -0.137. The number of fused-ring (bicyclic) bond motifs is 1. The molecule has 0 saturated carbocycles. The number of imidazole rings is 1. The van der Waals surface area contributed by atoms with E-state index in [9.17, 15) is 13.2 Å². The van der Waals surface area contributed by atoms with E-state index in [-0.39, 0.29) is 22.6 Å². The Labute approximate surface area is 120 Å². The molecule has 0 spiro atoms. The van der Waals surface area contributed by atoms with Crippen molar-refractivity contribution in [3.05, 3.63) is 41.4 Å². The van der Waals surface area contributed by atoms with Gasteiger partial charge in [0.15, 0.2) is 5.65 Å². The molecular formula is C12H6ClF3N4O. The van der Waals surface area contributed by atoms with Crippen LogP contribution in [0.1, 0.15) is 5.56 Å². The highest BCUT2D eigenvalue weighted by molar-refractivity contribution is 6.28. The van der Waals surface area contributed by atoms with E-state index in [1.807, 2.05) is 0 Å². The smallest absolute Gasteiger partial charge is 0.416 e. The highest BCUT2D eigenvalue weighted by Crippen LogP contribution is 2.33. The molecule has 0 unspecified atom stereocenters. The number of hydrogen-bond donors (Lipinski definition) is 1. The highest BCUT2D eigenvalue weighted by atomic mass is 35.5. The molecule has 1 aromatic carbocycles. The Morgan fingerprint density at radius 3 is 2.76 bits per heavy atom. The van der Waals surface area contributed by atoms with Crippen LogP contribution >= 0.6 is 11.6 Å². The first-order valence-electron chi connectivity index (χ1n) is 5.65. The fourth-order valence-corrected chi connectivity index (χ4v) is 1.86. The predicted octanol–water partition coefficient (Wildman–Crippen LogP) is 3.82. The second-order valence-electron chi connectivity index (χ2n) is 4.03. The van der Waals surface area contributed by atoms with Gasteiger partial charge in [0.1, 0.15) is 11.3 Å². The van der Waals surface area contributed by atoms with Crippen LogP contribution in [0.15, 0.2) is 30.6 Å². The van der Waals surface area contributed by atoms with Gasteiger partial charge < -0.3 is 9.72 Å². The molecule has 1 N–H and O–H groups in total. The third kappa shape index (κ3) is 2.75. The Morgan fingerprint density at radius 2 is 2.00 bits per heavy atom. The van der Waals surface area contributed by atoms with Crippen molar-refractivity contribution < 1.29 is 17.9 Å². The van der Waals surface area contributed by atoms with Gasteiger partial charge in [-0.3, -0.25) is 0 Å². The summed E-state index contributed by atoms with van der Waals surface area (Å²) >= 11 is 5.71. The van der Waals surface area contributed by atoms with E-state index in [0.29, 0.717) is 5.52 Å². The molecule has 9 heteroatoms. The molecule has 0 radical (unpaired) electrons. The van der Waals surface area contributed by atoms with Gasteiger partial charge >= 0.3 is 6.18 Å². The van der Waals surface area contributed by atoms with E-state index in [1.54, 1.807) is 0 Å². The number of nitrogens with one attached hydrogen (secondary N) is 1. The lowest BCUT2D eigenvalue weighted by Gasteiger charge is -2.09. The molecule has 2 aromatic heterocycles. The van der Waals surface area contributed by atoms with Gasteiger partial charge in [-0.05, 0) is 29.8 Å². The molecule has 0 amide bonds. The van der Waals surface area contributed by atoms with Gasteiger partial charge in [-0.15, -0.1) is 0 Å². The second-order valence-corrected chi connectivity index (χ2v) is 4.36. The maximum atomic E-state index is 12.7. The monoisotopic (exact) mass is 314 g/mol. The molecule has 5 nitrogen and oxygen atoms in total. The van der Waals surface area contributed by atoms with E-state index < -0.39 is 11.7 Å². The van der Waals surface area contributed by atoms with Crippen LogP contribution in [0.25, 0.3) is 11.2 Å². The molecule has 0 aliphatic carbocycles. The molecule has 21 heavy (non-hydrogen) atoms. The number of alkyl halides is 3. The summed E-state index contributed by atoms with van der Waals surface area (Å²) in [5, 5.41) is -0.114. The predicted molar refractivity (Wildman–Crippen MR) is 68.2 cm³/mol. The molecule has 2 heterocycles. The Kier molecular flexibility index (Phi) is 3.17. The standard InChI is InChI=1S/C12H6ClF3N4O/c13-11-19-9-8(17-5-18-9)10(20-11)21-7-3-1-2-6(4-7)12(14,15)16/h1-5H,(H,17,18,19,20). The van der Waals surface area contributed by atoms with Crippen LogP contribution in [0, 0.1) is 0 Å². The van der Waals surface area contributed by atoms with Gasteiger partial charge in [0.05, 0.1) is 11.9 Å². The van der Waals surface area contributed by atoms with Crippen LogP contribution in [0.5, 0.6) is 11.6 Å². The number of halogens is 4. The lowest BCUT2D eigenvalue weighted by atomic mass is 10.2. The minimum atomic E-state index is -4.45. The van der Waals surface area contributed by atoms with E-state index in [0.717, 1.165) is 12.1 Å². The van der Waals surface area contributed by atoms with Gasteiger partial charge in [0, 0.05) is 0 Å². The van der Waals surface area contributed by atoms with Crippen LogP contribution in [0.4, 0.5) is 13.2 Å². The molecule has 0 fully saturated rings. The normalized spacial score (nSPS) is 11.8. The minimum Gasteiger partial charge on any atom is -0.437 e. The van der Waals surface area contributed by atoms with Crippen molar-refractivity contribution >= 4 is 22.8 Å². The Bertz CT molecular complexity index is 803. The Balaban J connectivity index is 2.01. The summed E-state index contributed by atoms with van der Waals surface area (Å²) in [4.78, 5) is 14.3. The summed E-state index contributed by atoms with van der Waals surface area (Å²) in [6, 6.07) is 4.45. The highest BCUT2D eigenvalue weighted by Gasteiger charge is 2.30. The maximum Gasteiger partial charge on any atom is 0.416 e. The van der Waals surface area contributed by atoms with E-state index in [2.05, 4.69) is 19.9 Å². The van der Waals surface area contributed by atoms with Crippen LogP contribution in [-0.2, 0) is 6.18 Å². The zero-order chi connectivity index (χ0) is 15.0. The number of aromatic amines is 1. The number of hydrogen-bond acceptors (Lipinski definition) is 4. The number of aromatic nitrogens is 4. The average Bonchev–Trinajstić information content (AvgIpc) is 2.86. The summed E-state index contributed by atoms with van der Waals surface area (Å²) in [5.74, 6) is -0.0164. The zero-order valence-corrected chi connectivity index (χ0v) is 10.9. The van der Waals surface area contributed by atoms with Gasteiger partial charge in [0.25, 0.3) is 0 Å². The number of nitrogens with zero attached hydrogens (tertiary/aromatic N) is 3. The first-order valence-corrected chi connectivity index (χ1v) is 6.03. The maximum absolute atomic E-state index is 12.7. The zero-order valence-electron chi connectivity index (χ0n) is 10.1. The summed E-state index contributed by atoms with van der Waals surface area (Å²) in [7, 11) is 0. The van der Waals surface area contributed by atoms with Crippen molar-refractivity contribution in [2.45, 2.75) is 6.18 Å².